The van der Waals surface area contributed by atoms with E-state index >= 15 is 0 Å². The van der Waals surface area contributed by atoms with Crippen molar-refractivity contribution in [1.82, 2.24) is 0 Å². The molecular weight excluding hydrogens is 132 g/mol. The maximum atomic E-state index is 2.25. The van der Waals surface area contributed by atoms with Gasteiger partial charge in [0.25, 0.3) is 0 Å². The highest BCUT2D eigenvalue weighted by Crippen LogP contribution is 2.28. The molecule has 0 radical (unpaired) electrons. The molecule has 56 valence electrons. The molecule has 0 heterocycles. The molecule has 0 fully saturated rings. The average Bonchev–Trinajstić information content (AvgIpc) is 2.55. The minimum absolute atomic E-state index is 0.564. The maximum Gasteiger partial charge on any atom is 0.0204 e. The highest BCUT2D eigenvalue weighted by Gasteiger charge is 2.12. The van der Waals surface area contributed by atoms with Crippen molar-refractivity contribution in [3.8, 4) is 0 Å². The van der Waals surface area contributed by atoms with Crippen LogP contribution >= 0.6 is 0 Å². The molecule has 0 heteroatoms. The van der Waals surface area contributed by atoms with Crippen molar-refractivity contribution in [1.29, 1.82) is 0 Å². The monoisotopic (exact) mass is 144 g/mol. The molecule has 2 aliphatic rings. The lowest BCUT2D eigenvalue weighted by Crippen LogP contribution is -1.92. The van der Waals surface area contributed by atoms with Crippen LogP contribution in [0.1, 0.15) is 13.3 Å². The van der Waals surface area contributed by atoms with Gasteiger partial charge in [0.2, 0.25) is 0 Å². The molecule has 0 saturated heterocycles. The molecule has 0 aromatic rings. The largest absolute Gasteiger partial charge is 0.0802 e. The van der Waals surface area contributed by atoms with E-state index < -0.39 is 0 Å². The fourth-order valence-corrected chi connectivity index (χ4v) is 1.66. The molecule has 2 rings (SSSR count). The zero-order valence-corrected chi connectivity index (χ0v) is 6.75. The summed E-state index contributed by atoms with van der Waals surface area (Å²) in [7, 11) is 0. The van der Waals surface area contributed by atoms with Crippen molar-refractivity contribution in [3.05, 3.63) is 47.6 Å². The van der Waals surface area contributed by atoms with Gasteiger partial charge in [-0.15, -0.1) is 0 Å². The smallest absolute Gasteiger partial charge is 0.0204 e. The van der Waals surface area contributed by atoms with E-state index in [2.05, 4.69) is 43.4 Å². The van der Waals surface area contributed by atoms with Crippen LogP contribution in [0.5, 0.6) is 0 Å². The summed E-state index contributed by atoms with van der Waals surface area (Å²) in [6.07, 6.45) is 14.4. The summed E-state index contributed by atoms with van der Waals surface area (Å²) in [6, 6.07) is 0. The fraction of sp³-hybridized carbons (Fsp3) is 0.273. The normalized spacial score (nSPS) is 22.6. The first kappa shape index (κ1) is 6.66. The molecule has 0 aromatic heterocycles. The van der Waals surface area contributed by atoms with Crippen LogP contribution in [0.4, 0.5) is 0 Å². The molecule has 0 N–H and O–H groups in total. The molecule has 0 atom stereocenters. The van der Waals surface area contributed by atoms with Crippen LogP contribution in [-0.4, -0.2) is 0 Å². The lowest BCUT2D eigenvalue weighted by molar-refractivity contribution is 0.998. The van der Waals surface area contributed by atoms with Gasteiger partial charge in [0.1, 0.15) is 0 Å². The van der Waals surface area contributed by atoms with Gasteiger partial charge in [-0.2, -0.15) is 0 Å². The third kappa shape index (κ3) is 1.09. The molecular formula is C11H12. The van der Waals surface area contributed by atoms with Crippen LogP contribution < -0.4 is 0 Å². The van der Waals surface area contributed by atoms with Crippen LogP contribution in [0.3, 0.4) is 0 Å². The van der Waals surface area contributed by atoms with Gasteiger partial charge in [-0.3, -0.25) is 0 Å². The first-order valence-corrected chi connectivity index (χ1v) is 4.09. The summed E-state index contributed by atoms with van der Waals surface area (Å²) in [4.78, 5) is 0. The first-order valence-electron chi connectivity index (χ1n) is 4.09. The van der Waals surface area contributed by atoms with Gasteiger partial charge in [0.15, 0.2) is 0 Å². The Morgan fingerprint density at radius 1 is 1.27 bits per heavy atom. The van der Waals surface area contributed by atoms with Crippen molar-refractivity contribution < 1.29 is 0 Å². The van der Waals surface area contributed by atoms with Gasteiger partial charge in [-0.05, 0) is 18.9 Å². The first-order chi connectivity index (χ1) is 5.38. The standard InChI is InChI=1S/C11H12/c1-9-5-4-8-11(9)10-6-2-3-7-10/h2-4,6-8,10H,5H2,1H3. The quantitative estimate of drug-likeness (QED) is 0.530. The van der Waals surface area contributed by atoms with Gasteiger partial charge in [-0.1, -0.05) is 42.0 Å². The third-order valence-corrected chi connectivity index (χ3v) is 2.32. The highest BCUT2D eigenvalue weighted by molar-refractivity contribution is 5.41. The van der Waals surface area contributed by atoms with Gasteiger partial charge >= 0.3 is 0 Å². The Kier molecular flexibility index (Phi) is 1.54. The molecule has 0 saturated carbocycles. The van der Waals surface area contributed by atoms with E-state index in [1.807, 2.05) is 0 Å². The summed E-state index contributed by atoms with van der Waals surface area (Å²) in [5.74, 6) is 0.564. The molecule has 0 amide bonds. The summed E-state index contributed by atoms with van der Waals surface area (Å²) in [5, 5.41) is 0. The number of hydrogen-bond donors (Lipinski definition) is 0. The van der Waals surface area contributed by atoms with E-state index in [9.17, 15) is 0 Å². The Labute approximate surface area is 67.6 Å². The number of hydrogen-bond acceptors (Lipinski definition) is 0. The van der Waals surface area contributed by atoms with E-state index in [-0.39, 0.29) is 0 Å². The van der Waals surface area contributed by atoms with Crippen LogP contribution in [0.25, 0.3) is 0 Å². The minimum atomic E-state index is 0.564. The SMILES string of the molecule is CC1=C(C2C=CC=C2)C=CC1. The zero-order valence-electron chi connectivity index (χ0n) is 6.75. The summed E-state index contributed by atoms with van der Waals surface area (Å²) >= 11 is 0. The van der Waals surface area contributed by atoms with Crippen LogP contribution in [0.15, 0.2) is 47.6 Å². The van der Waals surface area contributed by atoms with Gasteiger partial charge in [0.05, 0.1) is 0 Å². The lowest BCUT2D eigenvalue weighted by Gasteiger charge is -2.06. The summed E-state index contributed by atoms with van der Waals surface area (Å²) < 4.78 is 0. The van der Waals surface area contributed by atoms with Crippen molar-refractivity contribution in [2.24, 2.45) is 5.92 Å². The average molecular weight is 144 g/mol. The Morgan fingerprint density at radius 2 is 2.00 bits per heavy atom. The molecule has 0 spiro atoms. The van der Waals surface area contributed by atoms with E-state index in [1.54, 1.807) is 0 Å². The molecule has 2 aliphatic carbocycles. The Balaban J connectivity index is 2.27. The van der Waals surface area contributed by atoms with Crippen molar-refractivity contribution >= 4 is 0 Å². The third-order valence-electron chi connectivity index (χ3n) is 2.32. The summed E-state index contributed by atoms with van der Waals surface area (Å²) in [5.41, 5.74) is 3.02. The Morgan fingerprint density at radius 3 is 2.55 bits per heavy atom. The fourth-order valence-electron chi connectivity index (χ4n) is 1.66. The van der Waals surface area contributed by atoms with Crippen molar-refractivity contribution in [2.75, 3.05) is 0 Å². The zero-order chi connectivity index (χ0) is 7.68. The molecule has 0 nitrogen and oxygen atoms in total. The van der Waals surface area contributed by atoms with Gasteiger partial charge in [0, 0.05) is 5.92 Å². The molecule has 0 aliphatic heterocycles. The van der Waals surface area contributed by atoms with E-state index in [0.29, 0.717) is 5.92 Å². The molecule has 0 bridgehead atoms. The second-order valence-electron chi connectivity index (χ2n) is 3.14. The van der Waals surface area contributed by atoms with Crippen LogP contribution in [0, 0.1) is 5.92 Å². The molecule has 0 aromatic carbocycles. The maximum absolute atomic E-state index is 2.25. The minimum Gasteiger partial charge on any atom is -0.0802 e. The molecule has 11 heavy (non-hydrogen) atoms. The highest BCUT2D eigenvalue weighted by atomic mass is 14.2. The van der Waals surface area contributed by atoms with E-state index in [4.69, 9.17) is 0 Å². The van der Waals surface area contributed by atoms with Crippen molar-refractivity contribution in [2.45, 2.75) is 13.3 Å². The van der Waals surface area contributed by atoms with Gasteiger partial charge in [-0.25, -0.2) is 0 Å². The molecule has 0 unspecified atom stereocenters. The van der Waals surface area contributed by atoms with Gasteiger partial charge < -0.3 is 0 Å². The Bertz CT molecular complexity index is 262. The Hall–Kier alpha value is -1.04. The number of allylic oxidation sites excluding steroid dienone is 8. The second kappa shape index (κ2) is 2.54. The summed E-state index contributed by atoms with van der Waals surface area (Å²) in [6.45, 7) is 2.22. The van der Waals surface area contributed by atoms with Crippen LogP contribution in [-0.2, 0) is 0 Å². The second-order valence-corrected chi connectivity index (χ2v) is 3.14. The lowest BCUT2D eigenvalue weighted by atomic mass is 9.99. The van der Waals surface area contributed by atoms with E-state index in [1.165, 1.54) is 11.1 Å². The van der Waals surface area contributed by atoms with Crippen LogP contribution in [0.2, 0.25) is 0 Å². The predicted molar refractivity (Wildman–Crippen MR) is 48.2 cm³/mol. The van der Waals surface area contributed by atoms with E-state index in [0.717, 1.165) is 6.42 Å². The topological polar surface area (TPSA) is 0 Å². The number of rotatable bonds is 1. The predicted octanol–water partition coefficient (Wildman–Crippen LogP) is 3.01. The van der Waals surface area contributed by atoms with Crippen molar-refractivity contribution in [3.63, 3.8) is 0 Å².